The molecule has 1 fully saturated rings. The van der Waals surface area contributed by atoms with Gasteiger partial charge in [0.1, 0.15) is 0 Å². The molecule has 0 bridgehead atoms. The highest BCUT2D eigenvalue weighted by Gasteiger charge is 2.20. The predicted molar refractivity (Wildman–Crippen MR) is 84.1 cm³/mol. The van der Waals surface area contributed by atoms with Gasteiger partial charge in [0.2, 0.25) is 0 Å². The summed E-state index contributed by atoms with van der Waals surface area (Å²) >= 11 is 5.34. The Balaban J connectivity index is 1.87. The molecule has 21 heavy (non-hydrogen) atoms. The molecule has 0 unspecified atom stereocenters. The van der Waals surface area contributed by atoms with Crippen LogP contribution in [0.1, 0.15) is 19.4 Å². The fraction of sp³-hybridized carbons (Fsp3) is 0.533. The fourth-order valence-corrected chi connectivity index (χ4v) is 2.78. The number of hydrogen-bond acceptors (Lipinski definition) is 2. The molecule has 0 saturated carbocycles. The standard InChI is InChI=1S/C15H21F2N3S/c1-11(2)18-15(21)20-8-6-19(7-9-20)10-12-4-3-5-13(16)14(12)17/h3-5,11H,6-10H2,1-2H3,(H,18,21). The van der Waals surface area contributed by atoms with Gasteiger partial charge in [0.15, 0.2) is 16.7 Å². The van der Waals surface area contributed by atoms with Gasteiger partial charge in [0.05, 0.1) is 0 Å². The van der Waals surface area contributed by atoms with E-state index in [1.807, 2.05) is 0 Å². The lowest BCUT2D eigenvalue weighted by Gasteiger charge is -2.36. The topological polar surface area (TPSA) is 18.5 Å². The Kier molecular flexibility index (Phi) is 5.47. The van der Waals surface area contributed by atoms with Crippen molar-refractivity contribution in [1.29, 1.82) is 0 Å². The summed E-state index contributed by atoms with van der Waals surface area (Å²) in [5, 5.41) is 3.99. The molecule has 2 rings (SSSR count). The number of hydrogen-bond donors (Lipinski definition) is 1. The van der Waals surface area contributed by atoms with Gasteiger partial charge in [-0.15, -0.1) is 0 Å². The third-order valence-electron chi connectivity index (χ3n) is 3.50. The summed E-state index contributed by atoms with van der Waals surface area (Å²) in [5.74, 6) is -1.52. The number of nitrogens with zero attached hydrogens (tertiary/aromatic N) is 2. The van der Waals surface area contributed by atoms with Crippen molar-refractivity contribution in [2.24, 2.45) is 0 Å². The van der Waals surface area contributed by atoms with Crippen molar-refractivity contribution in [2.75, 3.05) is 26.2 Å². The van der Waals surface area contributed by atoms with Gasteiger partial charge in [-0.2, -0.15) is 0 Å². The predicted octanol–water partition coefficient (Wildman–Crippen LogP) is 2.37. The lowest BCUT2D eigenvalue weighted by molar-refractivity contribution is 0.172. The molecule has 1 N–H and O–H groups in total. The second kappa shape index (κ2) is 7.13. The van der Waals surface area contributed by atoms with E-state index in [9.17, 15) is 8.78 Å². The maximum absolute atomic E-state index is 13.7. The van der Waals surface area contributed by atoms with Crippen molar-refractivity contribution in [3.8, 4) is 0 Å². The first kappa shape index (κ1) is 16.1. The normalized spacial score (nSPS) is 16.3. The Bertz CT molecular complexity index is 500. The molecule has 6 heteroatoms. The van der Waals surface area contributed by atoms with E-state index >= 15 is 0 Å². The quantitative estimate of drug-likeness (QED) is 0.863. The van der Waals surface area contributed by atoms with Gasteiger partial charge in [-0.05, 0) is 32.1 Å². The molecule has 0 radical (unpaired) electrons. The lowest BCUT2D eigenvalue weighted by atomic mass is 10.2. The molecule has 1 aromatic carbocycles. The van der Waals surface area contributed by atoms with Crippen molar-refractivity contribution >= 4 is 17.3 Å². The molecule has 0 aromatic heterocycles. The van der Waals surface area contributed by atoms with E-state index in [-0.39, 0.29) is 0 Å². The Morgan fingerprint density at radius 2 is 1.90 bits per heavy atom. The third-order valence-corrected chi connectivity index (χ3v) is 3.87. The van der Waals surface area contributed by atoms with Crippen LogP contribution in [0.3, 0.4) is 0 Å². The number of thiocarbonyl (C=S) groups is 1. The summed E-state index contributed by atoms with van der Waals surface area (Å²) in [5.41, 5.74) is 0.409. The highest BCUT2D eigenvalue weighted by atomic mass is 32.1. The van der Waals surface area contributed by atoms with E-state index in [1.165, 1.54) is 0 Å². The van der Waals surface area contributed by atoms with Gasteiger partial charge in [0, 0.05) is 44.3 Å². The van der Waals surface area contributed by atoms with Crippen LogP contribution < -0.4 is 5.32 Å². The molecule has 116 valence electrons. The zero-order valence-corrected chi connectivity index (χ0v) is 13.2. The highest BCUT2D eigenvalue weighted by Crippen LogP contribution is 2.15. The van der Waals surface area contributed by atoms with Gasteiger partial charge in [-0.1, -0.05) is 12.1 Å². The fourth-order valence-electron chi connectivity index (χ4n) is 2.36. The molecule has 1 aliphatic rings. The van der Waals surface area contributed by atoms with Crippen molar-refractivity contribution in [1.82, 2.24) is 15.1 Å². The smallest absolute Gasteiger partial charge is 0.169 e. The van der Waals surface area contributed by atoms with E-state index < -0.39 is 11.6 Å². The van der Waals surface area contributed by atoms with Crippen LogP contribution in [0.25, 0.3) is 0 Å². The van der Waals surface area contributed by atoms with Crippen LogP contribution in [0.2, 0.25) is 0 Å². The average molecular weight is 313 g/mol. The van der Waals surface area contributed by atoms with E-state index in [2.05, 4.69) is 29.0 Å². The van der Waals surface area contributed by atoms with Crippen LogP contribution in [0, 0.1) is 11.6 Å². The summed E-state index contributed by atoms with van der Waals surface area (Å²) in [6, 6.07) is 4.64. The second-order valence-electron chi connectivity index (χ2n) is 5.58. The SMILES string of the molecule is CC(C)NC(=S)N1CCN(Cc2cccc(F)c2F)CC1. The Morgan fingerprint density at radius 1 is 1.24 bits per heavy atom. The molecule has 0 amide bonds. The molecular formula is C15H21F2N3S. The van der Waals surface area contributed by atoms with Crippen molar-refractivity contribution in [3.63, 3.8) is 0 Å². The Hall–Kier alpha value is -1.27. The summed E-state index contributed by atoms with van der Waals surface area (Å²) in [6.45, 7) is 7.71. The molecule has 0 atom stereocenters. The molecule has 0 spiro atoms. The summed E-state index contributed by atoms with van der Waals surface area (Å²) in [7, 11) is 0. The molecule has 3 nitrogen and oxygen atoms in total. The molecule has 1 aliphatic heterocycles. The van der Waals surface area contributed by atoms with Crippen LogP contribution in [0.15, 0.2) is 18.2 Å². The van der Waals surface area contributed by atoms with Crippen LogP contribution >= 0.6 is 12.2 Å². The number of rotatable bonds is 3. The lowest BCUT2D eigenvalue weighted by Crippen LogP contribution is -2.52. The Labute approximate surface area is 129 Å². The van der Waals surface area contributed by atoms with Gasteiger partial charge < -0.3 is 10.2 Å². The maximum atomic E-state index is 13.7. The van der Waals surface area contributed by atoms with Gasteiger partial charge in [-0.25, -0.2) is 8.78 Å². The number of halogens is 2. The van der Waals surface area contributed by atoms with E-state index in [4.69, 9.17) is 12.2 Å². The zero-order chi connectivity index (χ0) is 15.4. The third kappa shape index (κ3) is 4.35. The summed E-state index contributed by atoms with van der Waals surface area (Å²) < 4.78 is 26.9. The monoisotopic (exact) mass is 313 g/mol. The minimum atomic E-state index is -0.784. The van der Waals surface area contributed by atoms with E-state index in [0.29, 0.717) is 18.2 Å². The molecule has 1 saturated heterocycles. The zero-order valence-electron chi connectivity index (χ0n) is 12.4. The first-order chi connectivity index (χ1) is 9.97. The first-order valence-electron chi connectivity index (χ1n) is 7.18. The second-order valence-corrected chi connectivity index (χ2v) is 5.97. The van der Waals surface area contributed by atoms with Crippen LogP contribution in [-0.4, -0.2) is 47.1 Å². The number of piperazine rings is 1. The largest absolute Gasteiger partial charge is 0.360 e. The first-order valence-corrected chi connectivity index (χ1v) is 7.59. The number of benzene rings is 1. The van der Waals surface area contributed by atoms with Gasteiger partial charge in [-0.3, -0.25) is 4.90 Å². The highest BCUT2D eigenvalue weighted by molar-refractivity contribution is 7.80. The molecule has 1 heterocycles. The van der Waals surface area contributed by atoms with E-state index in [0.717, 1.165) is 37.4 Å². The summed E-state index contributed by atoms with van der Waals surface area (Å²) in [6.07, 6.45) is 0. The minimum absolute atomic E-state index is 0.317. The van der Waals surface area contributed by atoms with Crippen molar-refractivity contribution in [3.05, 3.63) is 35.4 Å². The van der Waals surface area contributed by atoms with Crippen LogP contribution in [-0.2, 0) is 6.54 Å². The van der Waals surface area contributed by atoms with Gasteiger partial charge >= 0.3 is 0 Å². The van der Waals surface area contributed by atoms with Gasteiger partial charge in [0.25, 0.3) is 0 Å². The average Bonchev–Trinajstić information content (AvgIpc) is 2.44. The molecular weight excluding hydrogens is 292 g/mol. The minimum Gasteiger partial charge on any atom is -0.360 e. The summed E-state index contributed by atoms with van der Waals surface area (Å²) in [4.78, 5) is 4.24. The Morgan fingerprint density at radius 3 is 2.52 bits per heavy atom. The van der Waals surface area contributed by atoms with Crippen molar-refractivity contribution in [2.45, 2.75) is 26.4 Å². The van der Waals surface area contributed by atoms with Crippen molar-refractivity contribution < 1.29 is 8.78 Å². The van der Waals surface area contributed by atoms with E-state index in [1.54, 1.807) is 12.1 Å². The molecule has 1 aromatic rings. The maximum Gasteiger partial charge on any atom is 0.169 e. The molecule has 0 aliphatic carbocycles. The number of nitrogens with one attached hydrogen (secondary N) is 1. The van der Waals surface area contributed by atoms with Crippen LogP contribution in [0.5, 0.6) is 0 Å². The van der Waals surface area contributed by atoms with Crippen LogP contribution in [0.4, 0.5) is 8.78 Å².